The summed E-state index contributed by atoms with van der Waals surface area (Å²) in [5.41, 5.74) is 1.97. The maximum absolute atomic E-state index is 13.0. The third-order valence-corrected chi connectivity index (χ3v) is 5.08. The number of halogens is 2. The highest BCUT2D eigenvalue weighted by atomic mass is 35.5. The number of fused-ring (bicyclic) bond motifs is 1. The third kappa shape index (κ3) is 3.35. The van der Waals surface area contributed by atoms with Crippen molar-refractivity contribution in [1.29, 1.82) is 0 Å². The van der Waals surface area contributed by atoms with E-state index in [1.54, 1.807) is 18.2 Å². The van der Waals surface area contributed by atoms with E-state index in [2.05, 4.69) is 10.2 Å². The second-order valence-corrected chi connectivity index (χ2v) is 7.17. The largest absolute Gasteiger partial charge is 0.356 e. The van der Waals surface area contributed by atoms with Gasteiger partial charge in [0.2, 0.25) is 0 Å². The Bertz CT molecular complexity index is 984. The first-order valence-electron chi connectivity index (χ1n) is 8.53. The number of carbonyl (C=O) groups excluding carboxylic acids is 1. The van der Waals surface area contributed by atoms with Crippen molar-refractivity contribution in [1.82, 2.24) is 4.98 Å². The minimum atomic E-state index is -0.227. The molecule has 26 heavy (non-hydrogen) atoms. The van der Waals surface area contributed by atoms with Gasteiger partial charge in [-0.3, -0.25) is 4.79 Å². The number of benzene rings is 2. The molecule has 4 nitrogen and oxygen atoms in total. The van der Waals surface area contributed by atoms with Crippen LogP contribution in [-0.4, -0.2) is 24.0 Å². The van der Waals surface area contributed by atoms with Crippen LogP contribution in [0.1, 0.15) is 23.2 Å². The van der Waals surface area contributed by atoms with Crippen molar-refractivity contribution in [3.05, 3.63) is 64.1 Å². The number of carbonyl (C=O) groups is 1. The monoisotopic (exact) mass is 385 g/mol. The van der Waals surface area contributed by atoms with Crippen LogP contribution in [0.25, 0.3) is 10.9 Å². The summed E-state index contributed by atoms with van der Waals surface area (Å²) in [6.45, 7) is 1.82. The van der Waals surface area contributed by atoms with Gasteiger partial charge in [0, 0.05) is 23.5 Å². The van der Waals surface area contributed by atoms with Gasteiger partial charge in [-0.05, 0) is 43.2 Å². The number of hydrogen-bond donors (Lipinski definition) is 1. The van der Waals surface area contributed by atoms with E-state index in [9.17, 15) is 4.79 Å². The van der Waals surface area contributed by atoms with Gasteiger partial charge in [-0.25, -0.2) is 4.98 Å². The van der Waals surface area contributed by atoms with Crippen LogP contribution >= 0.6 is 23.2 Å². The van der Waals surface area contributed by atoms with E-state index in [4.69, 9.17) is 28.2 Å². The van der Waals surface area contributed by atoms with E-state index >= 15 is 0 Å². The average Bonchev–Trinajstić information content (AvgIpc) is 3.17. The van der Waals surface area contributed by atoms with Crippen LogP contribution in [-0.2, 0) is 0 Å². The molecule has 1 aliphatic rings. The second-order valence-electron chi connectivity index (χ2n) is 6.32. The zero-order valence-corrected chi connectivity index (χ0v) is 15.5. The summed E-state index contributed by atoms with van der Waals surface area (Å²) in [5.74, 6) is 0.498. The van der Waals surface area contributed by atoms with Gasteiger partial charge in [0.25, 0.3) is 5.91 Å². The fourth-order valence-electron chi connectivity index (χ4n) is 3.22. The Balaban J connectivity index is 1.75. The standard InChI is InChI=1S/C20H17Cl2N3O/c21-14-7-8-18(16(22)12-14)24-20(26)15-11-13-5-1-2-6-17(13)23-19(15)25-9-3-4-10-25/h1-2,5-8,11-12H,3-4,9-10H2,(H,24,26). The molecule has 0 aliphatic carbocycles. The Morgan fingerprint density at radius 2 is 1.81 bits per heavy atom. The molecule has 132 valence electrons. The Kier molecular flexibility index (Phi) is 4.70. The fraction of sp³-hybridized carbons (Fsp3) is 0.200. The zero-order chi connectivity index (χ0) is 18.1. The van der Waals surface area contributed by atoms with Gasteiger partial charge in [-0.15, -0.1) is 0 Å². The quantitative estimate of drug-likeness (QED) is 0.656. The Labute approximate surface area is 161 Å². The normalized spacial score (nSPS) is 14.0. The van der Waals surface area contributed by atoms with E-state index in [1.807, 2.05) is 30.3 Å². The molecule has 0 bridgehead atoms. The molecule has 6 heteroatoms. The van der Waals surface area contributed by atoms with Crippen LogP contribution < -0.4 is 10.2 Å². The number of para-hydroxylation sites is 1. The van der Waals surface area contributed by atoms with E-state index in [0.29, 0.717) is 21.3 Å². The molecule has 1 amide bonds. The summed E-state index contributed by atoms with van der Waals surface area (Å²) in [6.07, 6.45) is 2.22. The van der Waals surface area contributed by atoms with Crippen molar-refractivity contribution in [2.45, 2.75) is 12.8 Å². The maximum Gasteiger partial charge on any atom is 0.259 e. The Hall–Kier alpha value is -2.30. The maximum atomic E-state index is 13.0. The Morgan fingerprint density at radius 3 is 2.58 bits per heavy atom. The van der Waals surface area contributed by atoms with Gasteiger partial charge < -0.3 is 10.2 Å². The van der Waals surface area contributed by atoms with Gasteiger partial charge >= 0.3 is 0 Å². The smallest absolute Gasteiger partial charge is 0.259 e. The number of hydrogen-bond acceptors (Lipinski definition) is 3. The van der Waals surface area contributed by atoms with Crippen LogP contribution in [0.4, 0.5) is 11.5 Å². The predicted octanol–water partition coefficient (Wildman–Crippen LogP) is 5.39. The van der Waals surface area contributed by atoms with Crippen LogP contribution in [0.2, 0.25) is 10.0 Å². The van der Waals surface area contributed by atoms with E-state index in [-0.39, 0.29) is 5.91 Å². The Morgan fingerprint density at radius 1 is 1.04 bits per heavy atom. The lowest BCUT2D eigenvalue weighted by Crippen LogP contribution is -2.24. The van der Waals surface area contributed by atoms with Gasteiger partial charge in [-0.2, -0.15) is 0 Å². The lowest BCUT2D eigenvalue weighted by Gasteiger charge is -2.20. The highest BCUT2D eigenvalue weighted by Crippen LogP contribution is 2.29. The average molecular weight is 386 g/mol. The number of amides is 1. The summed E-state index contributed by atoms with van der Waals surface area (Å²) >= 11 is 12.1. The lowest BCUT2D eigenvalue weighted by atomic mass is 10.1. The molecule has 0 saturated carbocycles. The molecule has 2 aromatic carbocycles. The number of anilines is 2. The molecule has 1 aliphatic heterocycles. The van der Waals surface area contributed by atoms with Crippen LogP contribution in [0, 0.1) is 0 Å². The summed E-state index contributed by atoms with van der Waals surface area (Å²) < 4.78 is 0. The molecule has 0 atom stereocenters. The molecule has 1 fully saturated rings. The number of nitrogens with one attached hydrogen (secondary N) is 1. The van der Waals surface area contributed by atoms with Crippen molar-refractivity contribution in [2.24, 2.45) is 0 Å². The third-order valence-electron chi connectivity index (χ3n) is 4.53. The predicted molar refractivity (Wildman–Crippen MR) is 108 cm³/mol. The minimum Gasteiger partial charge on any atom is -0.356 e. The molecule has 3 aromatic rings. The second kappa shape index (κ2) is 7.14. The lowest BCUT2D eigenvalue weighted by molar-refractivity contribution is 0.102. The van der Waals surface area contributed by atoms with Crippen LogP contribution in [0.15, 0.2) is 48.5 Å². The van der Waals surface area contributed by atoms with E-state index in [1.165, 1.54) is 0 Å². The van der Waals surface area contributed by atoms with Gasteiger partial charge in [-0.1, -0.05) is 41.4 Å². The SMILES string of the molecule is O=C(Nc1ccc(Cl)cc1Cl)c1cc2ccccc2nc1N1CCCC1. The van der Waals surface area contributed by atoms with Crippen molar-refractivity contribution >= 4 is 51.5 Å². The van der Waals surface area contributed by atoms with Crippen molar-refractivity contribution < 1.29 is 4.79 Å². The zero-order valence-electron chi connectivity index (χ0n) is 14.0. The van der Waals surface area contributed by atoms with E-state index in [0.717, 1.165) is 42.7 Å². The highest BCUT2D eigenvalue weighted by molar-refractivity contribution is 6.36. The van der Waals surface area contributed by atoms with Crippen molar-refractivity contribution in [3.8, 4) is 0 Å². The molecule has 2 heterocycles. The molecule has 1 aromatic heterocycles. The van der Waals surface area contributed by atoms with E-state index < -0.39 is 0 Å². The first-order chi connectivity index (χ1) is 12.6. The first kappa shape index (κ1) is 17.1. The summed E-state index contributed by atoms with van der Waals surface area (Å²) in [4.78, 5) is 19.9. The molecule has 1 saturated heterocycles. The minimum absolute atomic E-state index is 0.227. The number of rotatable bonds is 3. The molecule has 4 rings (SSSR count). The van der Waals surface area contributed by atoms with Crippen LogP contribution in [0.5, 0.6) is 0 Å². The van der Waals surface area contributed by atoms with Crippen LogP contribution in [0.3, 0.4) is 0 Å². The molecular weight excluding hydrogens is 369 g/mol. The number of pyridine rings is 1. The summed E-state index contributed by atoms with van der Waals surface area (Å²) in [5, 5.41) is 4.75. The molecule has 0 radical (unpaired) electrons. The van der Waals surface area contributed by atoms with Crippen molar-refractivity contribution in [2.75, 3.05) is 23.3 Å². The summed E-state index contributed by atoms with van der Waals surface area (Å²) in [7, 11) is 0. The van der Waals surface area contributed by atoms with Crippen molar-refractivity contribution in [3.63, 3.8) is 0 Å². The number of nitrogens with zero attached hydrogens (tertiary/aromatic N) is 2. The summed E-state index contributed by atoms with van der Waals surface area (Å²) in [6, 6.07) is 14.7. The molecule has 0 spiro atoms. The van der Waals surface area contributed by atoms with Gasteiger partial charge in [0.05, 0.1) is 21.8 Å². The number of aromatic nitrogens is 1. The highest BCUT2D eigenvalue weighted by Gasteiger charge is 2.22. The molecular formula is C20H17Cl2N3O. The molecule has 0 unspecified atom stereocenters. The first-order valence-corrected chi connectivity index (χ1v) is 9.28. The fourth-order valence-corrected chi connectivity index (χ4v) is 3.68. The molecule has 1 N–H and O–H groups in total. The van der Waals surface area contributed by atoms with Gasteiger partial charge in [0.1, 0.15) is 5.82 Å². The topological polar surface area (TPSA) is 45.2 Å². The van der Waals surface area contributed by atoms with Gasteiger partial charge in [0.15, 0.2) is 0 Å².